The minimum absolute atomic E-state index is 0.217. The third-order valence-corrected chi connectivity index (χ3v) is 4.08. The monoisotopic (exact) mass is 272 g/mol. The zero-order valence-corrected chi connectivity index (χ0v) is 11.8. The highest BCUT2D eigenvalue weighted by Crippen LogP contribution is 2.25. The van der Waals surface area contributed by atoms with Crippen molar-refractivity contribution in [2.75, 3.05) is 13.2 Å². The van der Waals surface area contributed by atoms with E-state index in [1.54, 1.807) is 4.68 Å². The molecule has 0 bridgehead atoms. The molecule has 1 saturated heterocycles. The first-order valence-electron chi connectivity index (χ1n) is 6.59. The van der Waals surface area contributed by atoms with E-state index in [0.717, 1.165) is 37.3 Å². The van der Waals surface area contributed by atoms with Gasteiger partial charge in [-0.15, -0.1) is 0 Å². The number of rotatable bonds is 4. The first-order valence-corrected chi connectivity index (χ1v) is 6.97. The Morgan fingerprint density at radius 2 is 2.39 bits per heavy atom. The van der Waals surface area contributed by atoms with Gasteiger partial charge in [-0.3, -0.25) is 4.68 Å². The summed E-state index contributed by atoms with van der Waals surface area (Å²) in [6.45, 7) is 3.50. The summed E-state index contributed by atoms with van der Waals surface area (Å²) >= 11 is 6.29. The van der Waals surface area contributed by atoms with Crippen LogP contribution < -0.4 is 0 Å². The van der Waals surface area contributed by atoms with Gasteiger partial charge in [-0.1, -0.05) is 18.5 Å². The second-order valence-corrected chi connectivity index (χ2v) is 5.31. The van der Waals surface area contributed by atoms with E-state index in [-0.39, 0.29) is 5.92 Å². The maximum Gasteiger partial charge on any atom is 0.0850 e. The lowest BCUT2D eigenvalue weighted by Gasteiger charge is -2.26. The molecule has 5 heteroatoms. The smallest absolute Gasteiger partial charge is 0.0850 e. The summed E-state index contributed by atoms with van der Waals surface area (Å²) in [5.41, 5.74) is 1.83. The second-order valence-electron chi connectivity index (χ2n) is 4.93. The molecule has 2 rings (SSSR count). The summed E-state index contributed by atoms with van der Waals surface area (Å²) in [6.07, 6.45) is 3.02. The largest absolute Gasteiger partial charge is 0.392 e. The van der Waals surface area contributed by atoms with Gasteiger partial charge in [-0.2, -0.15) is 5.10 Å². The molecule has 0 radical (unpaired) electrons. The Morgan fingerprint density at radius 1 is 1.61 bits per heavy atom. The molecule has 1 aromatic heterocycles. The van der Waals surface area contributed by atoms with Crippen molar-refractivity contribution in [2.24, 2.45) is 13.0 Å². The van der Waals surface area contributed by atoms with Crippen LogP contribution in [0.3, 0.4) is 0 Å². The Morgan fingerprint density at radius 3 is 2.94 bits per heavy atom. The Kier molecular flexibility index (Phi) is 4.65. The third-order valence-electron chi connectivity index (χ3n) is 3.65. The molecule has 0 amide bonds. The molecule has 102 valence electrons. The molecule has 1 aromatic rings. The first kappa shape index (κ1) is 13.8. The predicted octanol–water partition coefficient (Wildman–Crippen LogP) is 1.97. The fourth-order valence-corrected chi connectivity index (χ4v) is 2.85. The quantitative estimate of drug-likeness (QED) is 0.912. The molecule has 18 heavy (non-hydrogen) atoms. The van der Waals surface area contributed by atoms with Gasteiger partial charge in [0.15, 0.2) is 0 Å². The van der Waals surface area contributed by atoms with Crippen LogP contribution in [-0.4, -0.2) is 34.2 Å². The number of nitrogens with zero attached hydrogens (tertiary/aromatic N) is 2. The van der Waals surface area contributed by atoms with Crippen molar-refractivity contribution in [1.82, 2.24) is 9.78 Å². The van der Waals surface area contributed by atoms with Crippen molar-refractivity contribution in [3.63, 3.8) is 0 Å². The molecule has 0 saturated carbocycles. The van der Waals surface area contributed by atoms with Crippen molar-refractivity contribution in [1.29, 1.82) is 0 Å². The van der Waals surface area contributed by atoms with Crippen LogP contribution in [0.5, 0.6) is 0 Å². The fourth-order valence-electron chi connectivity index (χ4n) is 2.48. The van der Waals surface area contributed by atoms with Crippen LogP contribution in [-0.2, 0) is 24.6 Å². The van der Waals surface area contributed by atoms with Crippen molar-refractivity contribution >= 4 is 11.6 Å². The van der Waals surface area contributed by atoms with Gasteiger partial charge < -0.3 is 9.84 Å². The molecular formula is C13H21ClN2O2. The Hall–Kier alpha value is -0.580. The van der Waals surface area contributed by atoms with Gasteiger partial charge in [0, 0.05) is 26.0 Å². The number of hydrogen-bond acceptors (Lipinski definition) is 3. The molecule has 1 aliphatic rings. The average Bonchev–Trinajstić information content (AvgIpc) is 2.67. The van der Waals surface area contributed by atoms with Crippen molar-refractivity contribution < 1.29 is 9.84 Å². The Labute approximate surface area is 113 Å². The van der Waals surface area contributed by atoms with Crippen LogP contribution in [0, 0.1) is 5.92 Å². The number of ether oxygens (including phenoxy) is 1. The molecule has 2 unspecified atom stereocenters. The van der Waals surface area contributed by atoms with Gasteiger partial charge in [0.05, 0.1) is 29.1 Å². The van der Waals surface area contributed by atoms with Gasteiger partial charge in [-0.25, -0.2) is 0 Å². The molecule has 4 nitrogen and oxygen atoms in total. The second kappa shape index (κ2) is 6.04. The first-order chi connectivity index (χ1) is 8.63. The summed E-state index contributed by atoms with van der Waals surface area (Å²) in [6, 6.07) is 0. The minimum atomic E-state index is -0.400. The standard InChI is InChI=1S/C13H21ClN2O2/c1-3-10-13(14)11(16(2)15-10)7-12(17)9-5-4-6-18-8-9/h9,12,17H,3-8H2,1-2H3. The van der Waals surface area contributed by atoms with Gasteiger partial charge in [-0.05, 0) is 19.3 Å². The van der Waals surface area contributed by atoms with Gasteiger partial charge >= 0.3 is 0 Å². The van der Waals surface area contributed by atoms with Crippen LogP contribution >= 0.6 is 11.6 Å². The fraction of sp³-hybridized carbons (Fsp3) is 0.769. The molecule has 1 N–H and O–H groups in total. The normalized spacial score (nSPS) is 22.1. The number of hydrogen-bond donors (Lipinski definition) is 1. The number of aromatic nitrogens is 2. The molecule has 0 aromatic carbocycles. The number of halogens is 1. The summed E-state index contributed by atoms with van der Waals surface area (Å²) in [7, 11) is 1.88. The summed E-state index contributed by atoms with van der Waals surface area (Å²) in [5.74, 6) is 0.217. The maximum absolute atomic E-state index is 10.3. The number of aryl methyl sites for hydroxylation is 2. The Bertz CT molecular complexity index is 400. The van der Waals surface area contributed by atoms with Gasteiger partial charge in [0.2, 0.25) is 0 Å². The van der Waals surface area contributed by atoms with Gasteiger partial charge in [0.1, 0.15) is 0 Å². The maximum atomic E-state index is 10.3. The van der Waals surface area contributed by atoms with E-state index >= 15 is 0 Å². The SMILES string of the molecule is CCc1nn(C)c(CC(O)C2CCCOC2)c1Cl. The van der Waals surface area contributed by atoms with E-state index in [1.165, 1.54) is 0 Å². The lowest BCUT2D eigenvalue weighted by atomic mass is 9.93. The van der Waals surface area contributed by atoms with Crippen LogP contribution in [0.25, 0.3) is 0 Å². The molecule has 0 aliphatic carbocycles. The highest BCUT2D eigenvalue weighted by molar-refractivity contribution is 6.31. The Balaban J connectivity index is 2.06. The zero-order chi connectivity index (χ0) is 13.1. The predicted molar refractivity (Wildman–Crippen MR) is 70.8 cm³/mol. The van der Waals surface area contributed by atoms with E-state index in [2.05, 4.69) is 5.10 Å². The molecule has 2 heterocycles. The van der Waals surface area contributed by atoms with Crippen LogP contribution in [0.4, 0.5) is 0 Å². The lowest BCUT2D eigenvalue weighted by molar-refractivity contribution is -0.00906. The van der Waals surface area contributed by atoms with E-state index in [9.17, 15) is 5.11 Å². The summed E-state index contributed by atoms with van der Waals surface area (Å²) < 4.78 is 7.20. The number of aliphatic hydroxyl groups excluding tert-OH is 1. The zero-order valence-electron chi connectivity index (χ0n) is 11.0. The van der Waals surface area contributed by atoms with Crippen LogP contribution in [0.1, 0.15) is 31.2 Å². The van der Waals surface area contributed by atoms with Crippen LogP contribution in [0.2, 0.25) is 5.02 Å². The molecule has 0 spiro atoms. The van der Waals surface area contributed by atoms with Crippen molar-refractivity contribution in [3.05, 3.63) is 16.4 Å². The van der Waals surface area contributed by atoms with E-state index in [4.69, 9.17) is 16.3 Å². The summed E-state index contributed by atoms with van der Waals surface area (Å²) in [4.78, 5) is 0. The van der Waals surface area contributed by atoms with Gasteiger partial charge in [0.25, 0.3) is 0 Å². The van der Waals surface area contributed by atoms with Crippen LogP contribution in [0.15, 0.2) is 0 Å². The van der Waals surface area contributed by atoms with E-state index in [0.29, 0.717) is 18.1 Å². The molecular weight excluding hydrogens is 252 g/mol. The molecule has 1 aliphatic heterocycles. The highest BCUT2D eigenvalue weighted by atomic mass is 35.5. The third kappa shape index (κ3) is 2.87. The summed E-state index contributed by atoms with van der Waals surface area (Å²) in [5, 5.41) is 15.4. The highest BCUT2D eigenvalue weighted by Gasteiger charge is 2.25. The lowest BCUT2D eigenvalue weighted by Crippen LogP contribution is -2.31. The van der Waals surface area contributed by atoms with Crippen molar-refractivity contribution in [2.45, 2.75) is 38.7 Å². The van der Waals surface area contributed by atoms with E-state index in [1.807, 2.05) is 14.0 Å². The topological polar surface area (TPSA) is 47.3 Å². The number of aliphatic hydroxyl groups is 1. The van der Waals surface area contributed by atoms with E-state index < -0.39 is 6.10 Å². The van der Waals surface area contributed by atoms with Crippen molar-refractivity contribution in [3.8, 4) is 0 Å². The molecule has 2 atom stereocenters. The molecule has 1 fully saturated rings. The average molecular weight is 273 g/mol. The minimum Gasteiger partial charge on any atom is -0.392 e.